The molecule has 2 saturated heterocycles. The summed E-state index contributed by atoms with van der Waals surface area (Å²) in [7, 11) is 1.77. The average molecular weight is 315 g/mol. The summed E-state index contributed by atoms with van der Waals surface area (Å²) >= 11 is 0. The summed E-state index contributed by atoms with van der Waals surface area (Å²) < 4.78 is 0. The number of piperidine rings is 1. The summed E-state index contributed by atoms with van der Waals surface area (Å²) in [4.78, 5) is 28.8. The highest BCUT2D eigenvalue weighted by Gasteiger charge is 2.35. The molecule has 5 heteroatoms. The SMILES string of the molecule is CN(C(=O)CC1CCCN1)C1CCCN(c2ccccc2)C1=O. The first-order chi connectivity index (χ1) is 11.2. The average Bonchev–Trinajstić information content (AvgIpc) is 3.08. The maximum absolute atomic E-state index is 12.8. The Morgan fingerprint density at radius 3 is 2.74 bits per heavy atom. The van der Waals surface area contributed by atoms with Crippen molar-refractivity contribution >= 4 is 17.5 Å². The number of amides is 2. The van der Waals surface area contributed by atoms with Crippen molar-refractivity contribution < 1.29 is 9.59 Å². The normalized spacial score (nSPS) is 24.7. The molecule has 1 N–H and O–H groups in total. The molecule has 2 amide bonds. The zero-order valence-corrected chi connectivity index (χ0v) is 13.7. The van der Waals surface area contributed by atoms with Gasteiger partial charge in [0, 0.05) is 31.7 Å². The monoisotopic (exact) mass is 315 g/mol. The molecule has 3 rings (SSSR count). The molecule has 0 spiro atoms. The molecule has 2 atom stereocenters. The Morgan fingerprint density at radius 1 is 1.26 bits per heavy atom. The molecule has 2 aliphatic heterocycles. The molecule has 0 bridgehead atoms. The number of carbonyl (C=O) groups excluding carboxylic acids is 2. The van der Waals surface area contributed by atoms with E-state index in [-0.39, 0.29) is 23.9 Å². The predicted molar refractivity (Wildman–Crippen MR) is 90.2 cm³/mol. The number of anilines is 1. The van der Waals surface area contributed by atoms with Crippen molar-refractivity contribution in [1.82, 2.24) is 10.2 Å². The van der Waals surface area contributed by atoms with Gasteiger partial charge in [-0.2, -0.15) is 0 Å². The maximum atomic E-state index is 12.8. The zero-order chi connectivity index (χ0) is 16.2. The molecule has 2 fully saturated rings. The summed E-state index contributed by atoms with van der Waals surface area (Å²) in [6.45, 7) is 1.72. The third kappa shape index (κ3) is 3.55. The Labute approximate surface area is 137 Å². The van der Waals surface area contributed by atoms with E-state index in [9.17, 15) is 9.59 Å². The Kier molecular flexibility index (Phi) is 4.96. The van der Waals surface area contributed by atoms with Gasteiger partial charge in [0.1, 0.15) is 6.04 Å². The first-order valence-corrected chi connectivity index (χ1v) is 8.52. The van der Waals surface area contributed by atoms with Gasteiger partial charge in [0.15, 0.2) is 0 Å². The van der Waals surface area contributed by atoms with E-state index in [1.165, 1.54) is 0 Å². The fourth-order valence-corrected chi connectivity index (χ4v) is 3.54. The molecule has 2 heterocycles. The van der Waals surface area contributed by atoms with Crippen LogP contribution in [0.4, 0.5) is 5.69 Å². The standard InChI is InChI=1S/C18H25N3O2/c1-20(17(22)13-14-7-5-11-19-14)16-10-6-12-21(18(16)23)15-8-3-2-4-9-15/h2-4,8-9,14,16,19H,5-7,10-13H2,1H3. The summed E-state index contributed by atoms with van der Waals surface area (Å²) in [5.41, 5.74) is 0.917. The number of para-hydroxylation sites is 1. The summed E-state index contributed by atoms with van der Waals surface area (Å²) in [5, 5.41) is 3.35. The summed E-state index contributed by atoms with van der Waals surface area (Å²) in [5.74, 6) is 0.107. The second-order valence-electron chi connectivity index (χ2n) is 6.49. The van der Waals surface area contributed by atoms with Gasteiger partial charge in [0.2, 0.25) is 11.8 Å². The number of nitrogens with one attached hydrogen (secondary N) is 1. The van der Waals surface area contributed by atoms with Gasteiger partial charge in [-0.15, -0.1) is 0 Å². The minimum Gasteiger partial charge on any atom is -0.334 e. The number of benzene rings is 1. The number of hydrogen-bond donors (Lipinski definition) is 1. The Bertz CT molecular complexity index is 555. The predicted octanol–water partition coefficient (Wildman–Crippen LogP) is 1.78. The van der Waals surface area contributed by atoms with E-state index in [0.717, 1.165) is 44.5 Å². The van der Waals surface area contributed by atoms with E-state index < -0.39 is 0 Å². The highest BCUT2D eigenvalue weighted by Crippen LogP contribution is 2.23. The smallest absolute Gasteiger partial charge is 0.249 e. The lowest BCUT2D eigenvalue weighted by Gasteiger charge is -2.37. The molecule has 23 heavy (non-hydrogen) atoms. The van der Waals surface area contributed by atoms with Crippen LogP contribution in [0.2, 0.25) is 0 Å². The molecule has 1 aromatic carbocycles. The van der Waals surface area contributed by atoms with Crippen LogP contribution in [0.25, 0.3) is 0 Å². The van der Waals surface area contributed by atoms with Crippen LogP contribution in [0.3, 0.4) is 0 Å². The summed E-state index contributed by atoms with van der Waals surface area (Å²) in [6.07, 6.45) is 4.35. The van der Waals surface area contributed by atoms with Gasteiger partial charge in [0.05, 0.1) is 0 Å². The van der Waals surface area contributed by atoms with Crippen molar-refractivity contribution in [1.29, 1.82) is 0 Å². The van der Waals surface area contributed by atoms with Gasteiger partial charge in [-0.25, -0.2) is 0 Å². The quantitative estimate of drug-likeness (QED) is 0.921. The van der Waals surface area contributed by atoms with Crippen molar-refractivity contribution in [3.63, 3.8) is 0 Å². The van der Waals surface area contributed by atoms with Crippen LogP contribution in [0.15, 0.2) is 30.3 Å². The van der Waals surface area contributed by atoms with Crippen LogP contribution >= 0.6 is 0 Å². The highest BCUT2D eigenvalue weighted by molar-refractivity contribution is 5.99. The number of carbonyl (C=O) groups is 2. The van der Waals surface area contributed by atoms with Gasteiger partial charge >= 0.3 is 0 Å². The van der Waals surface area contributed by atoms with Crippen LogP contribution in [-0.4, -0.2) is 48.9 Å². The molecule has 2 aliphatic rings. The fraction of sp³-hybridized carbons (Fsp3) is 0.556. The lowest BCUT2D eigenvalue weighted by atomic mass is 10.0. The van der Waals surface area contributed by atoms with Crippen molar-refractivity contribution in [2.45, 2.75) is 44.2 Å². The second kappa shape index (κ2) is 7.13. The van der Waals surface area contributed by atoms with Crippen LogP contribution < -0.4 is 10.2 Å². The fourth-order valence-electron chi connectivity index (χ4n) is 3.54. The third-order valence-electron chi connectivity index (χ3n) is 4.92. The topological polar surface area (TPSA) is 52.7 Å². The molecule has 1 aromatic rings. The molecular weight excluding hydrogens is 290 g/mol. The van der Waals surface area contributed by atoms with E-state index in [0.29, 0.717) is 6.42 Å². The molecule has 124 valence electrons. The van der Waals surface area contributed by atoms with E-state index in [2.05, 4.69) is 5.32 Å². The minimum atomic E-state index is -0.335. The first-order valence-electron chi connectivity index (χ1n) is 8.52. The Balaban J connectivity index is 1.66. The minimum absolute atomic E-state index is 0.0395. The molecule has 0 aromatic heterocycles. The lowest BCUT2D eigenvalue weighted by Crippen LogP contribution is -2.53. The summed E-state index contributed by atoms with van der Waals surface area (Å²) in [6, 6.07) is 9.65. The van der Waals surface area contributed by atoms with Crippen LogP contribution in [-0.2, 0) is 9.59 Å². The zero-order valence-electron chi connectivity index (χ0n) is 13.7. The van der Waals surface area contributed by atoms with Crippen molar-refractivity contribution in [2.75, 3.05) is 25.0 Å². The van der Waals surface area contributed by atoms with E-state index >= 15 is 0 Å². The maximum Gasteiger partial charge on any atom is 0.249 e. The van der Waals surface area contributed by atoms with Gasteiger partial charge < -0.3 is 15.1 Å². The van der Waals surface area contributed by atoms with E-state index in [1.807, 2.05) is 35.2 Å². The van der Waals surface area contributed by atoms with Crippen LogP contribution in [0, 0.1) is 0 Å². The number of likely N-dealkylation sites (N-methyl/N-ethyl adjacent to an activating group) is 1. The molecule has 0 radical (unpaired) electrons. The van der Waals surface area contributed by atoms with Gasteiger partial charge in [0.25, 0.3) is 0 Å². The van der Waals surface area contributed by atoms with Gasteiger partial charge in [-0.05, 0) is 44.4 Å². The third-order valence-corrected chi connectivity index (χ3v) is 4.92. The Hall–Kier alpha value is -1.88. The molecular formula is C18H25N3O2. The Morgan fingerprint density at radius 2 is 2.04 bits per heavy atom. The lowest BCUT2D eigenvalue weighted by molar-refractivity contribution is -0.139. The molecule has 2 unspecified atom stereocenters. The molecule has 5 nitrogen and oxygen atoms in total. The van der Waals surface area contributed by atoms with Crippen molar-refractivity contribution in [3.05, 3.63) is 30.3 Å². The largest absolute Gasteiger partial charge is 0.334 e. The van der Waals surface area contributed by atoms with Crippen molar-refractivity contribution in [2.24, 2.45) is 0 Å². The first kappa shape index (κ1) is 16.0. The van der Waals surface area contributed by atoms with Crippen LogP contribution in [0.5, 0.6) is 0 Å². The molecule has 0 aliphatic carbocycles. The number of nitrogens with zero attached hydrogens (tertiary/aromatic N) is 2. The van der Waals surface area contributed by atoms with E-state index in [4.69, 9.17) is 0 Å². The number of hydrogen-bond acceptors (Lipinski definition) is 3. The van der Waals surface area contributed by atoms with E-state index in [1.54, 1.807) is 11.9 Å². The van der Waals surface area contributed by atoms with Gasteiger partial charge in [-0.1, -0.05) is 18.2 Å². The highest BCUT2D eigenvalue weighted by atomic mass is 16.2. The van der Waals surface area contributed by atoms with Crippen molar-refractivity contribution in [3.8, 4) is 0 Å². The molecule has 0 saturated carbocycles. The van der Waals surface area contributed by atoms with Gasteiger partial charge in [-0.3, -0.25) is 9.59 Å². The van der Waals surface area contributed by atoms with Crippen LogP contribution in [0.1, 0.15) is 32.1 Å². The number of rotatable bonds is 4. The second-order valence-corrected chi connectivity index (χ2v) is 6.49.